The van der Waals surface area contributed by atoms with E-state index < -0.39 is 35.3 Å². The van der Waals surface area contributed by atoms with Crippen LogP contribution >= 0.6 is 23.2 Å². The number of carbonyl (C=O) groups excluding carboxylic acids is 2. The third kappa shape index (κ3) is 9.61. The lowest BCUT2D eigenvalue weighted by Crippen LogP contribution is -2.43. The monoisotopic (exact) mass is 782 g/mol. The Morgan fingerprint density at radius 1 is 1.08 bits per heavy atom. The Balaban J connectivity index is 1.22. The first-order valence-electron chi connectivity index (χ1n) is 16.8. The standard InChI is InChI=1S/C35H38Cl2F2N4O8S/c1-52(46,47)43(9-8-41-10-12-48-13-11-41)25-5-6-29-24(14-25)16-33(44)42(29)20-34(45)50-31(17-26-27(36)18-40-19-28(26)37)23-4-7-30(51-35(38)39)32(15-23)49-21-22-2-3-22/h4-7,14-15,18-19,22,31,35H,2-3,8-13,16-17,20-21H2,1H3. The fraction of sp³-hybridized carbons (Fsp3) is 0.457. The fourth-order valence-corrected chi connectivity index (χ4v) is 7.56. The van der Waals surface area contributed by atoms with Gasteiger partial charge in [0.2, 0.25) is 15.9 Å². The Morgan fingerprint density at radius 3 is 2.48 bits per heavy atom. The summed E-state index contributed by atoms with van der Waals surface area (Å²) in [5.41, 5.74) is 2.25. The number of esters is 1. The molecule has 6 rings (SSSR count). The van der Waals surface area contributed by atoms with Gasteiger partial charge in [-0.1, -0.05) is 29.3 Å². The average molecular weight is 784 g/mol. The highest BCUT2D eigenvalue weighted by atomic mass is 35.5. The molecular formula is C35H38Cl2F2N4O8S. The molecule has 2 fully saturated rings. The highest BCUT2D eigenvalue weighted by Gasteiger charge is 2.33. The zero-order valence-electron chi connectivity index (χ0n) is 28.3. The molecule has 1 saturated heterocycles. The van der Waals surface area contributed by atoms with Crippen molar-refractivity contribution in [2.45, 2.75) is 38.4 Å². The number of morpholine rings is 1. The summed E-state index contributed by atoms with van der Waals surface area (Å²) in [6.07, 6.45) is 4.77. The van der Waals surface area contributed by atoms with Gasteiger partial charge in [0.15, 0.2) is 11.5 Å². The van der Waals surface area contributed by atoms with Crippen LogP contribution in [0, 0.1) is 5.92 Å². The Labute approximate surface area is 310 Å². The first kappa shape index (κ1) is 38.0. The van der Waals surface area contributed by atoms with Gasteiger partial charge >= 0.3 is 12.6 Å². The number of carbonyl (C=O) groups is 2. The molecular weight excluding hydrogens is 745 g/mol. The summed E-state index contributed by atoms with van der Waals surface area (Å²) in [6.45, 7) is 0.0864. The van der Waals surface area contributed by atoms with Gasteiger partial charge in [0.25, 0.3) is 0 Å². The smallest absolute Gasteiger partial charge is 0.387 e. The van der Waals surface area contributed by atoms with Crippen molar-refractivity contribution in [3.05, 3.63) is 75.5 Å². The predicted molar refractivity (Wildman–Crippen MR) is 190 cm³/mol. The van der Waals surface area contributed by atoms with Crippen molar-refractivity contribution < 1.29 is 45.7 Å². The van der Waals surface area contributed by atoms with Crippen LogP contribution in [0.4, 0.5) is 20.2 Å². The van der Waals surface area contributed by atoms with E-state index in [9.17, 15) is 26.8 Å². The van der Waals surface area contributed by atoms with Gasteiger partial charge in [-0.15, -0.1) is 0 Å². The normalized spacial score (nSPS) is 16.9. The summed E-state index contributed by atoms with van der Waals surface area (Å²) in [7, 11) is -3.65. The fourth-order valence-electron chi connectivity index (χ4n) is 6.14. The minimum atomic E-state index is -3.65. The van der Waals surface area contributed by atoms with E-state index in [1.807, 2.05) is 0 Å². The largest absolute Gasteiger partial charge is 0.489 e. The quantitative estimate of drug-likeness (QED) is 0.177. The van der Waals surface area contributed by atoms with E-state index in [4.69, 9.17) is 37.4 Å². The SMILES string of the molecule is CS(=O)(=O)N(CCN1CCOCC1)c1ccc2c(c1)CC(=O)N2CC(=O)OC(Cc1c(Cl)cncc1Cl)c1ccc(OC(F)F)c(OCC2CC2)c1. The van der Waals surface area contributed by atoms with E-state index in [2.05, 4.69) is 14.6 Å². The molecule has 3 aromatic rings. The number of hydrogen-bond acceptors (Lipinski definition) is 10. The molecule has 280 valence electrons. The summed E-state index contributed by atoms with van der Waals surface area (Å²) in [4.78, 5) is 34.3. The topological polar surface area (TPSA) is 128 Å². The van der Waals surface area contributed by atoms with Crippen LogP contribution in [0.15, 0.2) is 48.8 Å². The van der Waals surface area contributed by atoms with Gasteiger partial charge < -0.3 is 23.8 Å². The first-order valence-corrected chi connectivity index (χ1v) is 19.4. The van der Waals surface area contributed by atoms with Crippen molar-refractivity contribution in [3.63, 3.8) is 0 Å². The molecule has 0 radical (unpaired) electrons. The van der Waals surface area contributed by atoms with E-state index in [1.54, 1.807) is 18.2 Å². The molecule has 0 N–H and O–H groups in total. The van der Waals surface area contributed by atoms with E-state index in [0.717, 1.165) is 19.1 Å². The van der Waals surface area contributed by atoms with Crippen LogP contribution in [0.3, 0.4) is 0 Å². The number of hydrogen-bond donors (Lipinski definition) is 0. The predicted octanol–water partition coefficient (Wildman–Crippen LogP) is 5.29. The van der Waals surface area contributed by atoms with Crippen LogP contribution in [0.1, 0.15) is 35.6 Å². The number of nitrogens with zero attached hydrogens (tertiary/aromatic N) is 4. The molecule has 2 aromatic carbocycles. The number of aromatic nitrogens is 1. The molecule has 2 aliphatic heterocycles. The summed E-state index contributed by atoms with van der Waals surface area (Å²) >= 11 is 12.8. The molecule has 1 saturated carbocycles. The lowest BCUT2D eigenvalue weighted by molar-refractivity contribution is -0.148. The summed E-state index contributed by atoms with van der Waals surface area (Å²) in [5, 5.41) is 0.452. The molecule has 52 heavy (non-hydrogen) atoms. The second-order valence-electron chi connectivity index (χ2n) is 12.9. The maximum atomic E-state index is 13.6. The maximum absolute atomic E-state index is 13.6. The summed E-state index contributed by atoms with van der Waals surface area (Å²) in [5.74, 6) is -0.936. The van der Waals surface area contributed by atoms with Crippen molar-refractivity contribution in [2.75, 3.05) is 68.0 Å². The zero-order valence-corrected chi connectivity index (χ0v) is 30.6. The van der Waals surface area contributed by atoms with Crippen LogP contribution in [0.2, 0.25) is 10.0 Å². The highest BCUT2D eigenvalue weighted by Crippen LogP contribution is 2.39. The molecule has 1 aliphatic carbocycles. The van der Waals surface area contributed by atoms with Gasteiger partial charge in [0.1, 0.15) is 12.6 Å². The molecule has 1 unspecified atom stereocenters. The Hall–Kier alpha value is -3.76. The summed E-state index contributed by atoms with van der Waals surface area (Å²) < 4.78 is 75.2. The minimum absolute atomic E-state index is 0.0112. The lowest BCUT2D eigenvalue weighted by Gasteiger charge is -2.30. The van der Waals surface area contributed by atoms with Crippen LogP contribution in [-0.4, -0.2) is 95.6 Å². The molecule has 17 heteroatoms. The molecule has 0 spiro atoms. The lowest BCUT2D eigenvalue weighted by atomic mass is 10.0. The van der Waals surface area contributed by atoms with Gasteiger partial charge in [0.05, 0.1) is 48.2 Å². The van der Waals surface area contributed by atoms with E-state index in [0.29, 0.717) is 73.4 Å². The second kappa shape index (κ2) is 16.5. The maximum Gasteiger partial charge on any atom is 0.387 e. The van der Waals surface area contributed by atoms with E-state index >= 15 is 0 Å². The van der Waals surface area contributed by atoms with E-state index in [-0.39, 0.29) is 46.8 Å². The number of rotatable bonds is 16. The number of benzene rings is 2. The van der Waals surface area contributed by atoms with Gasteiger partial charge in [0, 0.05) is 50.7 Å². The number of alkyl halides is 2. The second-order valence-corrected chi connectivity index (χ2v) is 15.6. The van der Waals surface area contributed by atoms with Crippen molar-refractivity contribution in [1.29, 1.82) is 0 Å². The van der Waals surface area contributed by atoms with Crippen molar-refractivity contribution in [1.82, 2.24) is 9.88 Å². The molecule has 3 aliphatic rings. The third-order valence-corrected chi connectivity index (χ3v) is 10.9. The highest BCUT2D eigenvalue weighted by molar-refractivity contribution is 7.92. The number of ether oxygens (including phenoxy) is 4. The van der Waals surface area contributed by atoms with Crippen LogP contribution in [0.25, 0.3) is 0 Å². The first-order chi connectivity index (χ1) is 24.9. The van der Waals surface area contributed by atoms with Crippen molar-refractivity contribution >= 4 is 56.5 Å². The van der Waals surface area contributed by atoms with Gasteiger partial charge in [-0.25, -0.2) is 8.42 Å². The Morgan fingerprint density at radius 2 is 1.81 bits per heavy atom. The zero-order chi connectivity index (χ0) is 37.0. The minimum Gasteiger partial charge on any atom is -0.489 e. The van der Waals surface area contributed by atoms with Crippen LogP contribution in [0.5, 0.6) is 11.5 Å². The molecule has 3 heterocycles. The number of pyridine rings is 1. The Bertz CT molecular complexity index is 1880. The van der Waals surface area contributed by atoms with Crippen molar-refractivity contribution in [3.8, 4) is 11.5 Å². The number of anilines is 2. The number of halogens is 4. The number of amides is 1. The number of sulfonamides is 1. The molecule has 1 atom stereocenters. The third-order valence-electron chi connectivity index (χ3n) is 9.04. The van der Waals surface area contributed by atoms with Gasteiger partial charge in [-0.2, -0.15) is 8.78 Å². The van der Waals surface area contributed by atoms with Crippen molar-refractivity contribution in [2.24, 2.45) is 5.92 Å². The molecule has 1 aromatic heterocycles. The molecule has 1 amide bonds. The molecule has 0 bridgehead atoms. The Kier molecular flexibility index (Phi) is 12.1. The number of fused-ring (bicyclic) bond motifs is 1. The molecule has 12 nitrogen and oxygen atoms in total. The van der Waals surface area contributed by atoms with Gasteiger partial charge in [-0.05, 0) is 65.8 Å². The van der Waals surface area contributed by atoms with E-state index in [1.165, 1.54) is 39.8 Å². The summed E-state index contributed by atoms with van der Waals surface area (Å²) in [6, 6.07) is 9.16. The van der Waals surface area contributed by atoms with Crippen LogP contribution < -0.4 is 18.7 Å². The van der Waals surface area contributed by atoms with Gasteiger partial charge in [-0.3, -0.25) is 23.8 Å². The van der Waals surface area contributed by atoms with Crippen LogP contribution in [-0.2, 0) is 41.9 Å². The average Bonchev–Trinajstić information content (AvgIpc) is 3.87.